The predicted molar refractivity (Wildman–Crippen MR) is 93.3 cm³/mol. The summed E-state index contributed by atoms with van der Waals surface area (Å²) in [7, 11) is 0. The lowest BCUT2D eigenvalue weighted by atomic mass is 10.2. The summed E-state index contributed by atoms with van der Waals surface area (Å²) in [6.45, 7) is 3.81. The van der Waals surface area contributed by atoms with Crippen LogP contribution in [0.1, 0.15) is 43.3 Å². The van der Waals surface area contributed by atoms with Gasteiger partial charge in [0.2, 0.25) is 5.89 Å². The van der Waals surface area contributed by atoms with Crippen LogP contribution in [0.2, 0.25) is 0 Å². The maximum Gasteiger partial charge on any atom is 0.258 e. The topological polar surface area (TPSA) is 87.9 Å². The highest BCUT2D eigenvalue weighted by molar-refractivity contribution is 5.77. The molecule has 1 unspecified atom stereocenters. The quantitative estimate of drug-likeness (QED) is 0.767. The Morgan fingerprint density at radius 3 is 3.04 bits per heavy atom. The molecule has 7 nitrogen and oxygen atoms in total. The molecule has 2 aromatic heterocycles. The maximum absolute atomic E-state index is 12.2. The van der Waals surface area contributed by atoms with E-state index in [1.54, 1.807) is 6.07 Å². The first-order valence-corrected chi connectivity index (χ1v) is 8.79. The van der Waals surface area contributed by atoms with Gasteiger partial charge >= 0.3 is 0 Å². The van der Waals surface area contributed by atoms with E-state index in [0.717, 1.165) is 49.5 Å². The van der Waals surface area contributed by atoms with E-state index in [2.05, 4.69) is 25.0 Å². The summed E-state index contributed by atoms with van der Waals surface area (Å²) in [5.41, 5.74) is 0.661. The molecule has 1 saturated heterocycles. The van der Waals surface area contributed by atoms with Crippen LogP contribution in [0.25, 0.3) is 10.9 Å². The molecule has 1 aromatic carbocycles. The highest BCUT2D eigenvalue weighted by Gasteiger charge is 2.29. The number of aryl methyl sites for hydroxylation is 1. The Morgan fingerprint density at radius 1 is 1.32 bits per heavy atom. The lowest BCUT2D eigenvalue weighted by Gasteiger charge is -2.21. The molecule has 0 bridgehead atoms. The average Bonchev–Trinajstić information content (AvgIpc) is 3.28. The summed E-state index contributed by atoms with van der Waals surface area (Å²) >= 11 is 0. The highest BCUT2D eigenvalue weighted by atomic mass is 16.5. The number of likely N-dealkylation sites (tertiary alicyclic amines) is 1. The van der Waals surface area contributed by atoms with Crippen molar-refractivity contribution in [2.75, 3.05) is 13.1 Å². The molecule has 1 N–H and O–H groups in total. The van der Waals surface area contributed by atoms with Gasteiger partial charge in [-0.1, -0.05) is 24.2 Å². The fourth-order valence-electron chi connectivity index (χ4n) is 3.44. The van der Waals surface area contributed by atoms with Gasteiger partial charge in [-0.25, -0.2) is 4.98 Å². The summed E-state index contributed by atoms with van der Waals surface area (Å²) in [4.78, 5) is 26.5. The number of aromatic amines is 1. The van der Waals surface area contributed by atoms with Crippen molar-refractivity contribution in [2.45, 2.75) is 38.6 Å². The van der Waals surface area contributed by atoms with Gasteiger partial charge < -0.3 is 9.51 Å². The molecular formula is C18H21N5O2. The number of rotatable bonds is 5. The number of nitrogens with zero attached hydrogens (tertiary/aromatic N) is 4. The summed E-state index contributed by atoms with van der Waals surface area (Å²) in [5, 5.41) is 4.76. The first kappa shape index (κ1) is 16.0. The van der Waals surface area contributed by atoms with Gasteiger partial charge in [0.1, 0.15) is 5.82 Å². The fraction of sp³-hybridized carbons (Fsp3) is 0.444. The monoisotopic (exact) mass is 339 g/mol. The molecular weight excluding hydrogens is 318 g/mol. The Bertz CT molecular complexity index is 932. The Kier molecular flexibility index (Phi) is 4.31. The van der Waals surface area contributed by atoms with Gasteiger partial charge in [-0.15, -0.1) is 0 Å². The Morgan fingerprint density at radius 2 is 2.20 bits per heavy atom. The number of hydrogen-bond acceptors (Lipinski definition) is 6. The molecule has 3 heterocycles. The van der Waals surface area contributed by atoms with Crippen LogP contribution in [0.3, 0.4) is 0 Å². The largest absolute Gasteiger partial charge is 0.339 e. The van der Waals surface area contributed by atoms with Gasteiger partial charge in [-0.2, -0.15) is 4.98 Å². The zero-order chi connectivity index (χ0) is 17.2. The molecule has 3 aromatic rings. The Labute approximate surface area is 145 Å². The first-order valence-electron chi connectivity index (χ1n) is 8.79. The van der Waals surface area contributed by atoms with Crippen molar-refractivity contribution in [3.05, 3.63) is 52.2 Å². The summed E-state index contributed by atoms with van der Waals surface area (Å²) in [6.07, 6.45) is 3.59. The van der Waals surface area contributed by atoms with E-state index in [0.29, 0.717) is 17.7 Å². The van der Waals surface area contributed by atoms with Crippen molar-refractivity contribution < 1.29 is 4.52 Å². The Balaban J connectivity index is 1.49. The van der Waals surface area contributed by atoms with Crippen molar-refractivity contribution in [1.29, 1.82) is 0 Å². The molecule has 0 radical (unpaired) electrons. The molecule has 25 heavy (non-hydrogen) atoms. The van der Waals surface area contributed by atoms with Crippen molar-refractivity contribution >= 4 is 10.9 Å². The number of H-pyrrole nitrogens is 1. The summed E-state index contributed by atoms with van der Waals surface area (Å²) < 4.78 is 5.25. The second kappa shape index (κ2) is 6.76. The van der Waals surface area contributed by atoms with Gasteiger partial charge in [-0.05, 0) is 31.5 Å². The molecule has 0 aliphatic carbocycles. The van der Waals surface area contributed by atoms with Crippen LogP contribution in [0.4, 0.5) is 0 Å². The zero-order valence-electron chi connectivity index (χ0n) is 14.2. The standard InChI is InChI=1S/C18H21N5O2/c1-2-16-21-17(22-25-16)14-8-5-10-23(14)11-9-15-19-13-7-4-3-6-12(13)18(24)20-15/h3-4,6-7,14H,2,5,8-11H2,1H3,(H,19,20,24). The first-order chi connectivity index (χ1) is 12.2. The molecule has 7 heteroatoms. The second-order valence-electron chi connectivity index (χ2n) is 6.37. The second-order valence-corrected chi connectivity index (χ2v) is 6.37. The third-order valence-corrected chi connectivity index (χ3v) is 4.75. The van der Waals surface area contributed by atoms with E-state index in [1.165, 1.54) is 0 Å². The number of benzene rings is 1. The van der Waals surface area contributed by atoms with Crippen molar-refractivity contribution in [3.8, 4) is 0 Å². The van der Waals surface area contributed by atoms with Crippen LogP contribution < -0.4 is 5.56 Å². The zero-order valence-corrected chi connectivity index (χ0v) is 14.2. The predicted octanol–water partition coefficient (Wildman–Crippen LogP) is 2.25. The SMILES string of the molecule is CCc1nc(C2CCCN2CCc2nc3ccccc3c(=O)[nH]2)no1. The molecule has 1 aliphatic heterocycles. The van der Waals surface area contributed by atoms with E-state index in [-0.39, 0.29) is 11.6 Å². The number of nitrogens with one attached hydrogen (secondary N) is 1. The average molecular weight is 339 g/mol. The molecule has 1 atom stereocenters. The van der Waals surface area contributed by atoms with Crippen LogP contribution in [-0.4, -0.2) is 38.1 Å². The van der Waals surface area contributed by atoms with Gasteiger partial charge in [0.05, 0.1) is 16.9 Å². The smallest absolute Gasteiger partial charge is 0.258 e. The molecule has 0 spiro atoms. The van der Waals surface area contributed by atoms with Crippen LogP contribution in [0, 0.1) is 0 Å². The van der Waals surface area contributed by atoms with Crippen molar-refractivity contribution in [2.24, 2.45) is 0 Å². The van der Waals surface area contributed by atoms with Crippen LogP contribution in [0.5, 0.6) is 0 Å². The van der Waals surface area contributed by atoms with E-state index in [4.69, 9.17) is 4.52 Å². The third-order valence-electron chi connectivity index (χ3n) is 4.75. The van der Waals surface area contributed by atoms with Crippen molar-refractivity contribution in [3.63, 3.8) is 0 Å². The van der Waals surface area contributed by atoms with E-state index in [1.807, 2.05) is 25.1 Å². The lowest BCUT2D eigenvalue weighted by molar-refractivity contribution is 0.243. The summed E-state index contributed by atoms with van der Waals surface area (Å²) in [6, 6.07) is 7.61. The number of fused-ring (bicyclic) bond motifs is 1. The van der Waals surface area contributed by atoms with Crippen LogP contribution in [0.15, 0.2) is 33.6 Å². The van der Waals surface area contributed by atoms with E-state index < -0.39 is 0 Å². The number of aromatic nitrogens is 4. The van der Waals surface area contributed by atoms with E-state index in [9.17, 15) is 4.79 Å². The third kappa shape index (κ3) is 3.19. The van der Waals surface area contributed by atoms with Gasteiger partial charge in [0.25, 0.3) is 5.56 Å². The van der Waals surface area contributed by atoms with Crippen LogP contribution >= 0.6 is 0 Å². The molecule has 0 saturated carbocycles. The molecule has 1 fully saturated rings. The lowest BCUT2D eigenvalue weighted by Crippen LogP contribution is -2.27. The minimum atomic E-state index is -0.0793. The molecule has 0 amide bonds. The van der Waals surface area contributed by atoms with Gasteiger partial charge in [0.15, 0.2) is 5.82 Å². The van der Waals surface area contributed by atoms with Crippen LogP contribution in [-0.2, 0) is 12.8 Å². The summed E-state index contributed by atoms with van der Waals surface area (Å²) in [5.74, 6) is 2.17. The highest BCUT2D eigenvalue weighted by Crippen LogP contribution is 2.30. The minimum Gasteiger partial charge on any atom is -0.339 e. The van der Waals surface area contributed by atoms with E-state index >= 15 is 0 Å². The normalized spacial score (nSPS) is 18.2. The maximum atomic E-state index is 12.2. The fourth-order valence-corrected chi connectivity index (χ4v) is 3.44. The minimum absolute atomic E-state index is 0.0793. The Hall–Kier alpha value is -2.54. The molecule has 4 rings (SSSR count). The number of hydrogen-bond donors (Lipinski definition) is 1. The van der Waals surface area contributed by atoms with Gasteiger partial charge in [-0.3, -0.25) is 9.69 Å². The van der Waals surface area contributed by atoms with Gasteiger partial charge in [0, 0.05) is 19.4 Å². The molecule has 130 valence electrons. The molecule has 1 aliphatic rings. The number of para-hydroxylation sites is 1. The van der Waals surface area contributed by atoms with Crippen molar-refractivity contribution in [1.82, 2.24) is 25.0 Å².